The molecule has 9 nitrogen and oxygen atoms in total. The van der Waals surface area contributed by atoms with E-state index in [1.54, 1.807) is 38.1 Å². The van der Waals surface area contributed by atoms with Gasteiger partial charge in [-0.25, -0.2) is 4.98 Å². The molecule has 0 bridgehead atoms. The molecule has 3 aromatic heterocycles. The third-order valence-corrected chi connectivity index (χ3v) is 4.50. The fraction of sp³-hybridized carbons (Fsp3) is 0.238. The molecule has 0 aliphatic carbocycles. The van der Waals surface area contributed by atoms with Gasteiger partial charge in [-0.15, -0.1) is 0 Å². The number of aromatic amines is 1. The number of aliphatic hydroxyl groups excluding tert-OH is 1. The van der Waals surface area contributed by atoms with Crippen LogP contribution in [0.5, 0.6) is 0 Å². The Kier molecular flexibility index (Phi) is 6.61. The SMILES string of the molecule is CC(CO)NC(=O)c1cnccc1Nc1cc(-c2cccnc2F)c(=O)[nH]c1N(C)C. The highest BCUT2D eigenvalue weighted by Crippen LogP contribution is 2.30. The van der Waals surface area contributed by atoms with Crippen molar-refractivity contribution in [1.82, 2.24) is 20.3 Å². The molecular formula is C21H23FN6O3. The summed E-state index contributed by atoms with van der Waals surface area (Å²) in [6, 6.07) is 5.68. The van der Waals surface area contributed by atoms with Gasteiger partial charge < -0.3 is 25.6 Å². The van der Waals surface area contributed by atoms with Gasteiger partial charge in [-0.05, 0) is 31.2 Å². The minimum atomic E-state index is -0.765. The van der Waals surface area contributed by atoms with Crippen LogP contribution in [0.15, 0.2) is 47.7 Å². The maximum absolute atomic E-state index is 14.2. The quantitative estimate of drug-likeness (QED) is 0.426. The first-order chi connectivity index (χ1) is 14.8. The fourth-order valence-electron chi connectivity index (χ4n) is 2.93. The Morgan fingerprint density at radius 3 is 2.71 bits per heavy atom. The highest BCUT2D eigenvalue weighted by Gasteiger charge is 2.18. The van der Waals surface area contributed by atoms with Crippen molar-refractivity contribution < 1.29 is 14.3 Å². The van der Waals surface area contributed by atoms with E-state index in [1.165, 1.54) is 30.7 Å². The zero-order chi connectivity index (χ0) is 22.5. The van der Waals surface area contributed by atoms with Crippen LogP contribution in [-0.2, 0) is 0 Å². The molecule has 0 fully saturated rings. The number of H-pyrrole nitrogens is 1. The van der Waals surface area contributed by atoms with E-state index in [-0.39, 0.29) is 23.3 Å². The van der Waals surface area contributed by atoms with Crippen LogP contribution in [0.2, 0.25) is 0 Å². The lowest BCUT2D eigenvalue weighted by Gasteiger charge is -2.20. The van der Waals surface area contributed by atoms with E-state index >= 15 is 0 Å². The van der Waals surface area contributed by atoms with Gasteiger partial charge in [0.2, 0.25) is 5.95 Å². The summed E-state index contributed by atoms with van der Waals surface area (Å²) in [5.41, 5.74) is 0.774. The van der Waals surface area contributed by atoms with Crippen molar-refractivity contribution in [3.8, 4) is 11.1 Å². The molecule has 0 saturated carbocycles. The maximum Gasteiger partial charge on any atom is 0.257 e. The largest absolute Gasteiger partial charge is 0.394 e. The molecule has 0 aliphatic rings. The van der Waals surface area contributed by atoms with Crippen LogP contribution in [0.25, 0.3) is 11.1 Å². The summed E-state index contributed by atoms with van der Waals surface area (Å²) in [6.07, 6.45) is 4.21. The number of pyridine rings is 3. The van der Waals surface area contributed by atoms with E-state index in [9.17, 15) is 19.1 Å². The van der Waals surface area contributed by atoms with Crippen molar-refractivity contribution in [2.45, 2.75) is 13.0 Å². The topological polar surface area (TPSA) is 123 Å². The van der Waals surface area contributed by atoms with Gasteiger partial charge in [0.05, 0.1) is 29.1 Å². The van der Waals surface area contributed by atoms with Crippen molar-refractivity contribution in [3.63, 3.8) is 0 Å². The molecular weight excluding hydrogens is 403 g/mol. The van der Waals surface area contributed by atoms with Crippen molar-refractivity contribution >= 4 is 23.1 Å². The monoisotopic (exact) mass is 426 g/mol. The van der Waals surface area contributed by atoms with Gasteiger partial charge in [-0.3, -0.25) is 14.6 Å². The molecule has 1 amide bonds. The summed E-state index contributed by atoms with van der Waals surface area (Å²) in [5, 5.41) is 15.0. The zero-order valence-electron chi connectivity index (χ0n) is 17.3. The molecule has 3 rings (SSSR count). The van der Waals surface area contributed by atoms with E-state index < -0.39 is 23.5 Å². The number of hydrogen-bond acceptors (Lipinski definition) is 7. The van der Waals surface area contributed by atoms with Gasteiger partial charge in [0.15, 0.2) is 0 Å². The molecule has 31 heavy (non-hydrogen) atoms. The van der Waals surface area contributed by atoms with E-state index in [1.807, 2.05) is 0 Å². The lowest BCUT2D eigenvalue weighted by Crippen LogP contribution is -2.35. The summed E-state index contributed by atoms with van der Waals surface area (Å²) < 4.78 is 14.2. The average Bonchev–Trinajstić information content (AvgIpc) is 2.75. The lowest BCUT2D eigenvalue weighted by atomic mass is 10.1. The van der Waals surface area contributed by atoms with E-state index in [2.05, 4.69) is 25.6 Å². The van der Waals surface area contributed by atoms with Crippen LogP contribution >= 0.6 is 0 Å². The van der Waals surface area contributed by atoms with Crippen LogP contribution in [0.4, 0.5) is 21.6 Å². The number of amides is 1. The maximum atomic E-state index is 14.2. The Hall–Kier alpha value is -3.79. The molecule has 0 aliphatic heterocycles. The number of nitrogens with one attached hydrogen (secondary N) is 3. The van der Waals surface area contributed by atoms with Gasteiger partial charge >= 0.3 is 0 Å². The van der Waals surface area contributed by atoms with Gasteiger partial charge in [-0.2, -0.15) is 4.39 Å². The van der Waals surface area contributed by atoms with E-state index in [0.717, 1.165) is 0 Å². The molecule has 1 atom stereocenters. The molecule has 3 heterocycles. The number of hydrogen-bond donors (Lipinski definition) is 4. The molecule has 1 unspecified atom stereocenters. The van der Waals surface area contributed by atoms with Gasteiger partial charge in [0.1, 0.15) is 5.82 Å². The Labute approximate surface area is 178 Å². The minimum Gasteiger partial charge on any atom is -0.394 e. The third-order valence-electron chi connectivity index (χ3n) is 4.50. The second-order valence-corrected chi connectivity index (χ2v) is 7.11. The molecule has 0 aromatic carbocycles. The smallest absolute Gasteiger partial charge is 0.257 e. The molecule has 0 saturated heterocycles. The zero-order valence-corrected chi connectivity index (χ0v) is 17.3. The molecule has 0 spiro atoms. The number of carbonyl (C=O) groups excluding carboxylic acids is 1. The number of nitrogens with zero attached hydrogens (tertiary/aromatic N) is 3. The van der Waals surface area contributed by atoms with Gasteiger partial charge in [0.25, 0.3) is 11.5 Å². The van der Waals surface area contributed by atoms with Crippen LogP contribution in [0, 0.1) is 5.95 Å². The Balaban J connectivity index is 2.08. The Morgan fingerprint density at radius 2 is 2.03 bits per heavy atom. The number of anilines is 3. The number of halogens is 1. The fourth-order valence-corrected chi connectivity index (χ4v) is 2.93. The summed E-state index contributed by atoms with van der Waals surface area (Å²) >= 11 is 0. The van der Waals surface area contributed by atoms with Gasteiger partial charge in [-0.1, -0.05) is 0 Å². The first-order valence-electron chi connectivity index (χ1n) is 9.50. The van der Waals surface area contributed by atoms with Crippen molar-refractivity contribution in [1.29, 1.82) is 0 Å². The number of aromatic nitrogens is 3. The van der Waals surface area contributed by atoms with Crippen molar-refractivity contribution in [2.75, 3.05) is 30.9 Å². The van der Waals surface area contributed by atoms with Crippen LogP contribution in [-0.4, -0.2) is 52.7 Å². The molecule has 3 aromatic rings. The molecule has 0 radical (unpaired) electrons. The second kappa shape index (κ2) is 9.35. The summed E-state index contributed by atoms with van der Waals surface area (Å²) in [6.45, 7) is 1.46. The third kappa shape index (κ3) is 4.86. The number of carbonyl (C=O) groups is 1. The second-order valence-electron chi connectivity index (χ2n) is 7.11. The van der Waals surface area contributed by atoms with Crippen molar-refractivity contribution in [2.24, 2.45) is 0 Å². The lowest BCUT2D eigenvalue weighted by molar-refractivity contribution is 0.0923. The molecule has 4 N–H and O–H groups in total. The predicted molar refractivity (Wildman–Crippen MR) is 116 cm³/mol. The molecule has 10 heteroatoms. The summed E-state index contributed by atoms with van der Waals surface area (Å²) in [4.78, 5) is 37.3. The minimum absolute atomic E-state index is 0.0570. The van der Waals surface area contributed by atoms with Crippen LogP contribution in [0.3, 0.4) is 0 Å². The number of aliphatic hydroxyl groups is 1. The van der Waals surface area contributed by atoms with Crippen molar-refractivity contribution in [3.05, 3.63) is 64.7 Å². The van der Waals surface area contributed by atoms with E-state index in [4.69, 9.17) is 0 Å². The standard InChI is InChI=1S/C21H23FN6O3/c1-12(11-29)25-21(31)15-10-23-8-6-16(15)26-17-9-14(13-5-4-7-24-18(13)22)20(30)27-19(17)28(2)3/h4-10,12,29H,11H2,1-3H3,(H,23,26)(H,25,31)(H,27,30). The average molecular weight is 426 g/mol. The summed E-state index contributed by atoms with van der Waals surface area (Å²) in [5.74, 6) is -0.755. The highest BCUT2D eigenvalue weighted by molar-refractivity contribution is 6.00. The molecule has 162 valence electrons. The Bertz CT molecular complexity index is 1150. The summed E-state index contributed by atoms with van der Waals surface area (Å²) in [7, 11) is 3.48. The highest BCUT2D eigenvalue weighted by atomic mass is 19.1. The van der Waals surface area contributed by atoms with E-state index in [0.29, 0.717) is 17.2 Å². The first-order valence-corrected chi connectivity index (χ1v) is 9.50. The normalized spacial score (nSPS) is 11.6. The van der Waals surface area contributed by atoms with Gasteiger partial charge in [0, 0.05) is 44.3 Å². The predicted octanol–water partition coefficient (Wildman–Crippen LogP) is 1.89. The number of rotatable bonds is 7. The first kappa shape index (κ1) is 21.9. The van der Waals surface area contributed by atoms with Crippen LogP contribution in [0.1, 0.15) is 17.3 Å². The Morgan fingerprint density at radius 1 is 1.26 bits per heavy atom. The van der Waals surface area contributed by atoms with Crippen LogP contribution < -0.4 is 21.1 Å².